The number of ether oxygens (including phenoxy) is 2. The Balaban J connectivity index is 1.65. The van der Waals surface area contributed by atoms with Gasteiger partial charge >= 0.3 is 0 Å². The van der Waals surface area contributed by atoms with Gasteiger partial charge in [0.1, 0.15) is 0 Å². The molecule has 1 aliphatic rings. The first-order valence-corrected chi connectivity index (χ1v) is 8.24. The van der Waals surface area contributed by atoms with Crippen LogP contribution in [0.2, 0.25) is 10.0 Å². The molecule has 126 valence electrons. The molecule has 0 aliphatic carbocycles. The van der Waals surface area contributed by atoms with Gasteiger partial charge in [0.2, 0.25) is 0 Å². The van der Waals surface area contributed by atoms with Gasteiger partial charge in [-0.1, -0.05) is 29.3 Å². The van der Waals surface area contributed by atoms with E-state index in [1.807, 2.05) is 0 Å². The zero-order chi connectivity index (χ0) is 16.7. The van der Waals surface area contributed by atoms with E-state index < -0.39 is 5.91 Å². The minimum atomic E-state index is -0.415. The molecule has 1 heterocycles. The first kappa shape index (κ1) is 18.1. The van der Waals surface area contributed by atoms with Crippen LogP contribution >= 0.6 is 35.4 Å². The van der Waals surface area contributed by atoms with Crippen molar-refractivity contribution in [3.05, 3.63) is 28.2 Å². The van der Waals surface area contributed by atoms with Gasteiger partial charge in [0, 0.05) is 13.2 Å². The third-order valence-electron chi connectivity index (χ3n) is 3.10. The minimum absolute atomic E-state index is 0.163. The zero-order valence-electron chi connectivity index (χ0n) is 12.2. The van der Waals surface area contributed by atoms with Crippen molar-refractivity contribution in [3.63, 3.8) is 0 Å². The second-order valence-electron chi connectivity index (χ2n) is 4.86. The Bertz CT molecular complexity index is 548. The van der Waals surface area contributed by atoms with Crippen LogP contribution in [0, 0.1) is 0 Å². The van der Waals surface area contributed by atoms with E-state index in [-0.39, 0.29) is 18.5 Å². The molecule has 23 heavy (non-hydrogen) atoms. The molecule has 1 atom stereocenters. The molecule has 9 heteroatoms. The third-order valence-corrected chi connectivity index (χ3v) is 3.94. The molecule has 0 saturated carbocycles. The summed E-state index contributed by atoms with van der Waals surface area (Å²) in [5.74, 6) is -0.146. The van der Waals surface area contributed by atoms with Crippen LogP contribution in [0.1, 0.15) is 12.8 Å². The fourth-order valence-corrected chi connectivity index (χ4v) is 2.62. The quantitative estimate of drug-likeness (QED) is 0.538. The van der Waals surface area contributed by atoms with E-state index in [0.29, 0.717) is 21.7 Å². The number of hydrogen-bond acceptors (Lipinski definition) is 4. The van der Waals surface area contributed by atoms with E-state index in [1.165, 1.54) is 0 Å². The summed E-state index contributed by atoms with van der Waals surface area (Å²) in [6.45, 7) is 1.14. The summed E-state index contributed by atoms with van der Waals surface area (Å²) in [4.78, 5) is 11.7. The minimum Gasteiger partial charge on any atom is -0.481 e. The molecule has 1 aromatic rings. The number of para-hydroxylation sites is 1. The highest BCUT2D eigenvalue weighted by atomic mass is 35.5. The molecule has 1 amide bonds. The average molecular weight is 378 g/mol. The monoisotopic (exact) mass is 377 g/mol. The first-order valence-electron chi connectivity index (χ1n) is 7.07. The lowest BCUT2D eigenvalue weighted by atomic mass is 10.2. The normalized spacial score (nSPS) is 16.7. The number of hydrazine groups is 1. The Labute approximate surface area is 149 Å². The van der Waals surface area contributed by atoms with Crippen molar-refractivity contribution in [2.45, 2.75) is 18.9 Å². The van der Waals surface area contributed by atoms with Gasteiger partial charge < -0.3 is 14.8 Å². The predicted octanol–water partition coefficient (Wildman–Crippen LogP) is 2.05. The van der Waals surface area contributed by atoms with Crippen LogP contribution in [-0.2, 0) is 9.53 Å². The summed E-state index contributed by atoms with van der Waals surface area (Å²) in [5, 5.41) is 3.96. The number of benzene rings is 1. The lowest BCUT2D eigenvalue weighted by molar-refractivity contribution is -0.123. The smallest absolute Gasteiger partial charge is 0.276 e. The summed E-state index contributed by atoms with van der Waals surface area (Å²) in [6, 6.07) is 4.95. The van der Waals surface area contributed by atoms with Crippen LogP contribution in [0.4, 0.5) is 0 Å². The molecule has 1 saturated heterocycles. The highest BCUT2D eigenvalue weighted by Gasteiger charge is 2.15. The van der Waals surface area contributed by atoms with Crippen LogP contribution < -0.4 is 20.9 Å². The molecular weight excluding hydrogens is 361 g/mol. The number of nitrogens with one attached hydrogen (secondary N) is 3. The average Bonchev–Trinajstić information content (AvgIpc) is 3.04. The van der Waals surface area contributed by atoms with Crippen molar-refractivity contribution in [2.75, 3.05) is 19.8 Å². The maximum Gasteiger partial charge on any atom is 0.276 e. The molecule has 0 bridgehead atoms. The van der Waals surface area contributed by atoms with Crippen molar-refractivity contribution in [1.29, 1.82) is 0 Å². The van der Waals surface area contributed by atoms with Gasteiger partial charge in [0.05, 0.1) is 16.1 Å². The number of hydrogen-bond donors (Lipinski definition) is 3. The summed E-state index contributed by atoms with van der Waals surface area (Å²) in [7, 11) is 0. The van der Waals surface area contributed by atoms with Crippen molar-refractivity contribution in [3.8, 4) is 5.75 Å². The van der Waals surface area contributed by atoms with Crippen LogP contribution in [0.25, 0.3) is 0 Å². The maximum atomic E-state index is 11.7. The number of amides is 1. The van der Waals surface area contributed by atoms with Crippen molar-refractivity contribution in [1.82, 2.24) is 16.2 Å². The molecule has 6 nitrogen and oxygen atoms in total. The third kappa shape index (κ3) is 6.02. The van der Waals surface area contributed by atoms with Crippen LogP contribution in [0.5, 0.6) is 5.75 Å². The first-order chi connectivity index (χ1) is 11.1. The fraction of sp³-hybridized carbons (Fsp3) is 0.429. The Hall–Kier alpha value is -1.28. The van der Waals surface area contributed by atoms with Gasteiger partial charge in [-0.05, 0) is 37.2 Å². The highest BCUT2D eigenvalue weighted by Crippen LogP contribution is 2.32. The van der Waals surface area contributed by atoms with E-state index in [4.69, 9.17) is 44.9 Å². The molecule has 3 N–H and O–H groups in total. The topological polar surface area (TPSA) is 71.6 Å². The number of carbonyl (C=O) groups is 1. The maximum absolute atomic E-state index is 11.7. The summed E-state index contributed by atoms with van der Waals surface area (Å²) >= 11 is 16.9. The van der Waals surface area contributed by atoms with Crippen LogP contribution in [0.15, 0.2) is 18.2 Å². The largest absolute Gasteiger partial charge is 0.481 e. The van der Waals surface area contributed by atoms with Gasteiger partial charge in [0.25, 0.3) is 5.91 Å². The zero-order valence-corrected chi connectivity index (χ0v) is 14.6. The lowest BCUT2D eigenvalue weighted by Crippen LogP contribution is -2.49. The molecule has 1 aliphatic heterocycles. The molecule has 0 unspecified atom stereocenters. The second kappa shape index (κ2) is 9.12. The predicted molar refractivity (Wildman–Crippen MR) is 92.8 cm³/mol. The Kier molecular flexibility index (Phi) is 7.16. The van der Waals surface area contributed by atoms with Gasteiger partial charge in [-0.25, -0.2) is 0 Å². The van der Waals surface area contributed by atoms with E-state index in [0.717, 1.165) is 19.4 Å². The summed E-state index contributed by atoms with van der Waals surface area (Å²) in [5.41, 5.74) is 5.01. The standard InChI is InChI=1S/C14H17Cl2N3O3S/c15-10-4-1-5-11(16)13(10)22-8-12(20)18-19-14(23)17-7-9-3-2-6-21-9/h1,4-5,9H,2-3,6-8H2,(H,18,20)(H2,17,19,23)/t9-/m1/s1. The summed E-state index contributed by atoms with van der Waals surface area (Å²) < 4.78 is 10.8. The molecule has 2 rings (SSSR count). The van der Waals surface area contributed by atoms with E-state index in [2.05, 4.69) is 16.2 Å². The summed E-state index contributed by atoms with van der Waals surface area (Å²) in [6.07, 6.45) is 2.23. The number of carbonyl (C=O) groups excluding carboxylic acids is 1. The van der Waals surface area contributed by atoms with E-state index in [9.17, 15) is 4.79 Å². The molecule has 0 radical (unpaired) electrons. The number of thiocarbonyl (C=S) groups is 1. The number of halogens is 2. The van der Waals surface area contributed by atoms with Crippen molar-refractivity contribution < 1.29 is 14.3 Å². The number of rotatable bonds is 5. The van der Waals surface area contributed by atoms with E-state index in [1.54, 1.807) is 18.2 Å². The molecule has 1 aromatic carbocycles. The van der Waals surface area contributed by atoms with Crippen LogP contribution in [0.3, 0.4) is 0 Å². The highest BCUT2D eigenvalue weighted by molar-refractivity contribution is 7.80. The lowest BCUT2D eigenvalue weighted by Gasteiger charge is -2.15. The Morgan fingerprint density at radius 1 is 1.35 bits per heavy atom. The van der Waals surface area contributed by atoms with Gasteiger partial charge in [0.15, 0.2) is 17.5 Å². The fourth-order valence-electron chi connectivity index (χ4n) is 1.98. The molecule has 0 spiro atoms. The van der Waals surface area contributed by atoms with Crippen LogP contribution in [-0.4, -0.2) is 36.9 Å². The van der Waals surface area contributed by atoms with Gasteiger partial charge in [-0.15, -0.1) is 0 Å². The Morgan fingerprint density at radius 3 is 2.74 bits per heavy atom. The van der Waals surface area contributed by atoms with E-state index >= 15 is 0 Å². The van der Waals surface area contributed by atoms with Crippen molar-refractivity contribution >= 4 is 46.4 Å². The van der Waals surface area contributed by atoms with Gasteiger partial charge in [-0.2, -0.15) is 0 Å². The SMILES string of the molecule is O=C(COc1c(Cl)cccc1Cl)NNC(=S)NC[C@H]1CCCO1. The second-order valence-corrected chi connectivity index (χ2v) is 6.08. The Morgan fingerprint density at radius 2 is 2.09 bits per heavy atom. The molecular formula is C14H17Cl2N3O3S. The molecule has 1 fully saturated rings. The molecule has 0 aromatic heterocycles. The van der Waals surface area contributed by atoms with Crippen molar-refractivity contribution in [2.24, 2.45) is 0 Å². The van der Waals surface area contributed by atoms with Gasteiger partial charge in [-0.3, -0.25) is 15.6 Å².